The molecule has 0 nitrogen and oxygen atoms in total. The molecule has 3 aliphatic carbocycles. The number of hydrogen-bond acceptors (Lipinski definition) is 0. The van der Waals surface area contributed by atoms with E-state index in [1.165, 1.54) is 59.9 Å². The van der Waals surface area contributed by atoms with Crippen LogP contribution in [0.2, 0.25) is 0 Å². The second-order valence-corrected chi connectivity index (χ2v) is 10.8. The van der Waals surface area contributed by atoms with Crippen LogP contribution < -0.4 is 0 Å². The maximum atomic E-state index is 3.30. The van der Waals surface area contributed by atoms with Crippen molar-refractivity contribution >= 4 is 3.21 Å². The molecule has 0 saturated heterocycles. The molecule has 0 radical (unpaired) electrons. The van der Waals surface area contributed by atoms with Gasteiger partial charge in [-0.05, 0) is 6.42 Å². The standard InChI is InChI=1S/C13H9.C9H13.C6H10.Zr/c1-3-7-12-10(5-1)9-11-6-2-4-8-13(11)12;1-9(2,3)8-6-4-5-7-8;1-2-4-6-5-3-1;/h1-5,7-8H,9H2;6-7H,4H2,1-3H3;1-5H2;/q2*-1;;+2. The van der Waals surface area contributed by atoms with Crippen LogP contribution in [0.25, 0.3) is 11.1 Å². The van der Waals surface area contributed by atoms with Crippen molar-refractivity contribution < 1.29 is 24.2 Å². The third kappa shape index (κ3) is 6.58. The minimum atomic E-state index is 0.323. The molecular formula is C28H32Zr. The van der Waals surface area contributed by atoms with E-state index >= 15 is 0 Å². The third-order valence-electron chi connectivity index (χ3n) is 5.64. The minimum absolute atomic E-state index is 0.323. The topological polar surface area (TPSA) is 0 Å². The van der Waals surface area contributed by atoms with E-state index in [0.717, 1.165) is 12.8 Å². The van der Waals surface area contributed by atoms with Crippen LogP contribution in [-0.4, -0.2) is 3.21 Å². The van der Waals surface area contributed by atoms with Gasteiger partial charge in [-0.2, -0.15) is 41.5 Å². The molecule has 1 fully saturated rings. The molecule has 5 rings (SSSR count). The normalized spacial score (nSPS) is 16.7. The molecular weight excluding hydrogens is 428 g/mol. The van der Waals surface area contributed by atoms with Crippen molar-refractivity contribution in [1.82, 2.24) is 0 Å². The van der Waals surface area contributed by atoms with Crippen molar-refractivity contribution in [2.24, 2.45) is 5.41 Å². The van der Waals surface area contributed by atoms with Crippen molar-refractivity contribution in [3.63, 3.8) is 0 Å². The fraction of sp³-hybridized carbons (Fsp3) is 0.393. The molecule has 0 heterocycles. The summed E-state index contributed by atoms with van der Waals surface area (Å²) in [5.41, 5.74) is 7.25. The summed E-state index contributed by atoms with van der Waals surface area (Å²) < 4.78 is 1.80. The molecule has 2 aromatic rings. The van der Waals surface area contributed by atoms with Crippen molar-refractivity contribution in [2.45, 2.75) is 65.7 Å². The zero-order valence-corrected chi connectivity index (χ0v) is 20.6. The van der Waals surface area contributed by atoms with Gasteiger partial charge in [-0.1, -0.05) is 61.6 Å². The summed E-state index contributed by atoms with van der Waals surface area (Å²) in [6.07, 6.45) is 16.9. The average molecular weight is 460 g/mol. The third-order valence-corrected chi connectivity index (χ3v) is 6.87. The van der Waals surface area contributed by atoms with Crippen LogP contribution in [0.5, 0.6) is 0 Å². The molecule has 0 aliphatic heterocycles. The van der Waals surface area contributed by atoms with Gasteiger partial charge in [0, 0.05) is 0 Å². The smallest absolute Gasteiger partial charge is 0.0253 e. The quantitative estimate of drug-likeness (QED) is 0.306. The first kappa shape index (κ1) is 22.4. The number of rotatable bonds is 0. The summed E-state index contributed by atoms with van der Waals surface area (Å²) in [7, 11) is 0. The molecule has 0 atom stereocenters. The molecule has 0 N–H and O–H groups in total. The van der Waals surface area contributed by atoms with E-state index in [0.29, 0.717) is 5.41 Å². The fourth-order valence-electron chi connectivity index (χ4n) is 3.90. The van der Waals surface area contributed by atoms with Gasteiger partial charge in [0.2, 0.25) is 0 Å². The maximum absolute atomic E-state index is 3.30. The van der Waals surface area contributed by atoms with Gasteiger partial charge in [0.05, 0.1) is 0 Å². The average Bonchev–Trinajstić information content (AvgIpc) is 3.38. The molecule has 1 saturated carbocycles. The van der Waals surface area contributed by atoms with Gasteiger partial charge in [0.1, 0.15) is 0 Å². The van der Waals surface area contributed by atoms with Crippen molar-refractivity contribution in [3.8, 4) is 11.1 Å². The molecule has 2 aromatic carbocycles. The molecule has 29 heavy (non-hydrogen) atoms. The Morgan fingerprint density at radius 3 is 2.21 bits per heavy atom. The Balaban J connectivity index is 0.000000132. The zero-order chi connectivity index (χ0) is 20.7. The summed E-state index contributed by atoms with van der Waals surface area (Å²) in [4.78, 5) is 0. The number of hydrogen-bond donors (Lipinski definition) is 0. The molecule has 0 aromatic heterocycles. The van der Waals surface area contributed by atoms with Gasteiger partial charge >= 0.3 is 59.5 Å². The zero-order valence-electron chi connectivity index (χ0n) is 18.1. The second-order valence-electron chi connectivity index (χ2n) is 9.02. The van der Waals surface area contributed by atoms with Crippen LogP contribution >= 0.6 is 0 Å². The van der Waals surface area contributed by atoms with E-state index in [4.69, 9.17) is 0 Å². The summed E-state index contributed by atoms with van der Waals surface area (Å²) >= 11 is 1.69. The monoisotopic (exact) mass is 458 g/mol. The summed E-state index contributed by atoms with van der Waals surface area (Å²) in [6, 6.07) is 18.1. The Labute approximate surface area is 192 Å². The van der Waals surface area contributed by atoms with E-state index in [-0.39, 0.29) is 0 Å². The van der Waals surface area contributed by atoms with Crippen LogP contribution in [0.15, 0.2) is 60.2 Å². The predicted octanol–water partition coefficient (Wildman–Crippen LogP) is 7.45. The van der Waals surface area contributed by atoms with Gasteiger partial charge < -0.3 is 0 Å². The summed E-state index contributed by atoms with van der Waals surface area (Å²) in [5, 5.41) is 0. The van der Waals surface area contributed by atoms with Crippen LogP contribution in [0.1, 0.15) is 70.4 Å². The van der Waals surface area contributed by atoms with Crippen LogP contribution in [0.3, 0.4) is 0 Å². The van der Waals surface area contributed by atoms with Crippen molar-refractivity contribution in [3.05, 3.63) is 83.5 Å². The fourth-order valence-corrected chi connectivity index (χ4v) is 4.76. The molecule has 0 amide bonds. The Kier molecular flexibility index (Phi) is 8.19. The van der Waals surface area contributed by atoms with Gasteiger partial charge in [-0.15, -0.1) is 12.0 Å². The summed E-state index contributed by atoms with van der Waals surface area (Å²) in [6.45, 7) is 6.67. The SMILES string of the molecule is CC(C)(C)C1=CC[C-]=C1.[Zr+2]=[C]1CCCCC1.[c-]1cccc2c1Cc1ccccc1-2. The van der Waals surface area contributed by atoms with Gasteiger partial charge in [0.25, 0.3) is 0 Å². The van der Waals surface area contributed by atoms with E-state index in [1.807, 2.05) is 6.07 Å². The van der Waals surface area contributed by atoms with Crippen molar-refractivity contribution in [1.29, 1.82) is 0 Å². The first-order chi connectivity index (χ1) is 13.9. The Hall–Kier alpha value is -1.33. The maximum Gasteiger partial charge on any atom is -0.0253 e. The van der Waals surface area contributed by atoms with E-state index in [2.05, 4.69) is 81.5 Å². The van der Waals surface area contributed by atoms with E-state index in [1.54, 1.807) is 27.4 Å². The van der Waals surface area contributed by atoms with Crippen LogP contribution in [0.4, 0.5) is 0 Å². The van der Waals surface area contributed by atoms with Gasteiger partial charge in [-0.25, -0.2) is 6.08 Å². The molecule has 1 heteroatoms. The second kappa shape index (κ2) is 10.6. The molecule has 0 unspecified atom stereocenters. The molecule has 0 bridgehead atoms. The first-order valence-electron chi connectivity index (χ1n) is 10.9. The minimum Gasteiger partial charge on any atom is -0.179 e. The predicted molar refractivity (Wildman–Crippen MR) is 122 cm³/mol. The Morgan fingerprint density at radius 2 is 1.62 bits per heavy atom. The van der Waals surface area contributed by atoms with Crippen molar-refractivity contribution in [2.75, 3.05) is 0 Å². The molecule has 3 aliphatic rings. The van der Waals surface area contributed by atoms with E-state index < -0.39 is 0 Å². The first-order valence-corrected chi connectivity index (χ1v) is 12.1. The number of fused-ring (bicyclic) bond motifs is 3. The Bertz CT molecular complexity index is 841. The molecule has 0 spiro atoms. The number of allylic oxidation sites excluding steroid dienone is 4. The molecule has 148 valence electrons. The van der Waals surface area contributed by atoms with Gasteiger partial charge in [0.15, 0.2) is 0 Å². The number of benzene rings is 2. The van der Waals surface area contributed by atoms with Crippen LogP contribution in [-0.2, 0) is 30.7 Å². The largest absolute Gasteiger partial charge is 0.179 e. The Morgan fingerprint density at radius 1 is 0.897 bits per heavy atom. The van der Waals surface area contributed by atoms with Crippen LogP contribution in [0, 0.1) is 17.6 Å². The van der Waals surface area contributed by atoms with Gasteiger partial charge in [-0.3, -0.25) is 6.08 Å². The van der Waals surface area contributed by atoms with E-state index in [9.17, 15) is 0 Å². The summed E-state index contributed by atoms with van der Waals surface area (Å²) in [5.74, 6) is 0.